The van der Waals surface area contributed by atoms with Gasteiger partial charge in [0.1, 0.15) is 22.8 Å². The van der Waals surface area contributed by atoms with Crippen molar-refractivity contribution in [3.8, 4) is 45.6 Å². The molecule has 9 heterocycles. The monoisotopic (exact) mass is 983 g/mol. The minimum Gasteiger partial charge on any atom is -0.619 e. The summed E-state index contributed by atoms with van der Waals surface area (Å²) in [6.07, 6.45) is 13.8. The zero-order chi connectivity index (χ0) is 44.3. The van der Waals surface area contributed by atoms with Crippen molar-refractivity contribution < 1.29 is 88.3 Å². The SMILES string of the molecule is O.O.O.O.O.O=C(O)c1cc[n+]([O-])cc1.O=C([O-])c1cc[n+]([O-])cc1.O=C([O-])c1cc[n+]([O-])cc1.[Fe+2].c1cc(-c2cc[nH]n2)nc(-c2cc[nH]n2)c1.c1cc(-c2cc[nH]n2)nc(-c2cc[nH]n2)c1. The van der Waals surface area contributed by atoms with Crippen molar-refractivity contribution in [3.05, 3.63) is 191 Å². The van der Waals surface area contributed by atoms with E-state index in [2.05, 4.69) is 50.8 Å². The van der Waals surface area contributed by atoms with Gasteiger partial charge in [-0.15, -0.1) is 0 Å². The molecule has 15 N–H and O–H groups in total. The molecular weight excluding hydrogens is 942 g/mol. The first-order chi connectivity index (χ1) is 30.0. The van der Waals surface area contributed by atoms with Gasteiger partial charge < -0.3 is 67.9 Å². The molecule has 0 fully saturated rings. The van der Waals surface area contributed by atoms with E-state index in [9.17, 15) is 40.2 Å². The number of hydrogen-bond acceptors (Lipinski definition) is 14. The van der Waals surface area contributed by atoms with Crippen LogP contribution in [0.25, 0.3) is 45.6 Å². The summed E-state index contributed by atoms with van der Waals surface area (Å²) in [7, 11) is 0. The van der Waals surface area contributed by atoms with Gasteiger partial charge in [0.05, 0.1) is 40.3 Å². The van der Waals surface area contributed by atoms with Crippen molar-refractivity contribution in [2.24, 2.45) is 0 Å². The predicted molar refractivity (Wildman–Crippen MR) is 229 cm³/mol. The number of aromatic amines is 4. The summed E-state index contributed by atoms with van der Waals surface area (Å²) in [6.45, 7) is 0. The van der Waals surface area contributed by atoms with Gasteiger partial charge >= 0.3 is 23.0 Å². The Hall–Kier alpha value is -9.28. The molecule has 0 bridgehead atoms. The van der Waals surface area contributed by atoms with Gasteiger partial charge in [0.25, 0.3) is 0 Å². The van der Waals surface area contributed by atoms with Crippen molar-refractivity contribution >= 4 is 17.9 Å². The van der Waals surface area contributed by atoms with Gasteiger partial charge in [0.2, 0.25) is 0 Å². The molecule has 0 aliphatic carbocycles. The van der Waals surface area contributed by atoms with Gasteiger partial charge in [-0.05, 0) is 48.5 Å². The quantitative estimate of drug-likeness (QED) is 0.0603. The van der Waals surface area contributed by atoms with Gasteiger partial charge in [0, 0.05) is 72.3 Å². The van der Waals surface area contributed by atoms with E-state index in [4.69, 9.17) is 5.11 Å². The van der Waals surface area contributed by atoms with E-state index in [0.29, 0.717) is 14.2 Å². The average molecular weight is 984 g/mol. The number of carbonyl (C=O) groups excluding carboxylic acids is 2. The molecule has 0 amide bonds. The number of H-pyrrole nitrogens is 4. The Labute approximate surface area is 392 Å². The molecule has 9 aromatic heterocycles. The van der Waals surface area contributed by atoms with Crippen LogP contribution in [-0.2, 0) is 17.1 Å². The normalized spacial score (nSPS) is 9.00. The van der Waals surface area contributed by atoms with Crippen LogP contribution in [0.2, 0.25) is 0 Å². The molecule has 0 radical (unpaired) electrons. The smallest absolute Gasteiger partial charge is 0.619 e. The summed E-state index contributed by atoms with van der Waals surface area (Å²) in [4.78, 5) is 39.4. The Kier molecular flexibility index (Phi) is 27.5. The summed E-state index contributed by atoms with van der Waals surface area (Å²) < 4.78 is 1.55. The Morgan fingerprint density at radius 1 is 0.397 bits per heavy atom. The summed E-state index contributed by atoms with van der Waals surface area (Å²) in [6, 6.07) is 26.3. The van der Waals surface area contributed by atoms with Crippen molar-refractivity contribution in [2.75, 3.05) is 0 Å². The number of hydrogen-bond donors (Lipinski definition) is 5. The van der Waals surface area contributed by atoms with Gasteiger partial charge in [-0.1, -0.05) is 12.1 Å². The van der Waals surface area contributed by atoms with Gasteiger partial charge in [-0.3, -0.25) is 20.4 Å². The van der Waals surface area contributed by atoms with E-state index in [1.165, 1.54) is 36.4 Å². The molecule has 28 heteroatoms. The number of nitrogens with zero attached hydrogens (tertiary/aromatic N) is 9. The number of aromatic nitrogens is 13. The van der Waals surface area contributed by atoms with Crippen LogP contribution < -0.4 is 24.4 Å². The number of rotatable bonds is 7. The Morgan fingerprint density at radius 3 is 0.824 bits per heavy atom. The van der Waals surface area contributed by atoms with Crippen LogP contribution in [0.3, 0.4) is 0 Å². The summed E-state index contributed by atoms with van der Waals surface area (Å²) in [5.41, 5.74) is 6.79. The molecule has 0 saturated heterocycles. The minimum absolute atomic E-state index is 0. The van der Waals surface area contributed by atoms with E-state index >= 15 is 0 Å². The van der Waals surface area contributed by atoms with Crippen molar-refractivity contribution in [2.45, 2.75) is 0 Å². The number of carbonyl (C=O) groups is 3. The Bertz CT molecular complexity index is 2410. The van der Waals surface area contributed by atoms with Gasteiger partial charge in [-0.2, -0.15) is 34.6 Å². The third-order valence-corrected chi connectivity index (χ3v) is 7.68. The zero-order valence-corrected chi connectivity index (χ0v) is 35.7. The first-order valence-corrected chi connectivity index (χ1v) is 17.6. The van der Waals surface area contributed by atoms with Gasteiger partial charge in [-0.25, -0.2) is 14.8 Å². The molecule has 0 spiro atoms. The van der Waals surface area contributed by atoms with Crippen molar-refractivity contribution in [1.82, 2.24) is 50.8 Å². The number of nitrogens with one attached hydrogen (secondary N) is 4. The molecule has 0 aliphatic heterocycles. The molecule has 0 unspecified atom stereocenters. The van der Waals surface area contributed by atoms with Crippen LogP contribution in [0, 0.1) is 15.6 Å². The number of pyridine rings is 5. The molecule has 0 aliphatic rings. The van der Waals surface area contributed by atoms with Crippen molar-refractivity contribution in [1.29, 1.82) is 0 Å². The molecule has 0 aromatic carbocycles. The summed E-state index contributed by atoms with van der Waals surface area (Å²) in [5, 5.41) is 87.1. The van der Waals surface area contributed by atoms with Gasteiger partial charge in [0.15, 0.2) is 37.2 Å². The number of aromatic carboxylic acids is 3. The van der Waals surface area contributed by atoms with Crippen molar-refractivity contribution in [3.63, 3.8) is 0 Å². The molecule has 68 heavy (non-hydrogen) atoms. The molecule has 9 aromatic rings. The largest absolute Gasteiger partial charge is 2.00 e. The number of carboxylic acids is 3. The second kappa shape index (κ2) is 30.7. The third-order valence-electron chi connectivity index (χ3n) is 7.68. The van der Waals surface area contributed by atoms with Crippen LogP contribution in [0.4, 0.5) is 0 Å². The van der Waals surface area contributed by atoms with E-state index in [-0.39, 0.29) is 61.1 Å². The molecule has 9 rings (SSSR count). The van der Waals surface area contributed by atoms with E-state index < -0.39 is 17.9 Å². The van der Waals surface area contributed by atoms with E-state index in [1.54, 1.807) is 24.8 Å². The summed E-state index contributed by atoms with van der Waals surface area (Å²) >= 11 is 0. The standard InChI is InChI=1S/2C11H9N5.3C6H5NO3.Fe.5H2O/c2*1-2-8(10-4-6-12-15-10)14-9(3-1)11-5-7-13-16-11;3*8-6(9)5-1-3-7(10)4-2-5;;;;;;/h2*1-7H,(H,12,15)(H,13,16);3*1-4H,(H,8,9);;5*1H2/q;;;;;+2;;;;;/p-2. The maximum Gasteiger partial charge on any atom is 2.00 e. The maximum absolute atomic E-state index is 10.4. The summed E-state index contributed by atoms with van der Waals surface area (Å²) in [5.74, 6) is -3.58. The molecule has 0 atom stereocenters. The second-order valence-electron chi connectivity index (χ2n) is 11.9. The second-order valence-corrected chi connectivity index (χ2v) is 11.9. The molecular formula is C40H41FeN13O14. The van der Waals surface area contributed by atoms with Crippen LogP contribution >= 0.6 is 0 Å². The first kappa shape index (κ1) is 60.8. The molecule has 358 valence electrons. The Balaban J connectivity index is 0. The third kappa shape index (κ3) is 18.8. The minimum atomic E-state index is -1.28. The molecule has 27 nitrogen and oxygen atoms in total. The molecule has 0 saturated carbocycles. The maximum atomic E-state index is 10.4. The van der Waals surface area contributed by atoms with Crippen LogP contribution in [0.1, 0.15) is 31.1 Å². The fourth-order valence-electron chi connectivity index (χ4n) is 4.70. The fourth-order valence-corrected chi connectivity index (χ4v) is 4.70. The van der Waals surface area contributed by atoms with Crippen LogP contribution in [0.5, 0.6) is 0 Å². The average Bonchev–Trinajstić information content (AvgIpc) is 4.15. The Morgan fingerprint density at radius 2 is 0.632 bits per heavy atom. The zero-order valence-electron chi connectivity index (χ0n) is 34.6. The predicted octanol–water partition coefficient (Wildman–Crippen LogP) is -3.02. The topological polar surface area (TPSA) is 496 Å². The van der Waals surface area contributed by atoms with Crippen LogP contribution in [-0.4, -0.2) is 101 Å². The first-order valence-electron chi connectivity index (χ1n) is 17.6. The van der Waals surface area contributed by atoms with E-state index in [0.717, 1.165) is 82.7 Å². The van der Waals surface area contributed by atoms with E-state index in [1.807, 2.05) is 60.7 Å². The fraction of sp³-hybridized carbons (Fsp3) is 0. The van der Waals surface area contributed by atoms with Crippen LogP contribution in [0.15, 0.2) is 159 Å². The number of carboxylic acid groups (broad SMARTS) is 3.